The maximum absolute atomic E-state index is 11.1. The molecule has 1 heterocycles. The Labute approximate surface area is 111 Å². The first-order chi connectivity index (χ1) is 8.11. The molecule has 1 aliphatic rings. The first-order valence-electron chi connectivity index (χ1n) is 6.13. The molecule has 1 aromatic rings. The molecule has 17 heavy (non-hydrogen) atoms. The van der Waals surface area contributed by atoms with E-state index in [4.69, 9.17) is 0 Å². The van der Waals surface area contributed by atoms with Gasteiger partial charge in [-0.15, -0.1) is 0 Å². The zero-order chi connectivity index (χ0) is 12.4. The summed E-state index contributed by atoms with van der Waals surface area (Å²) < 4.78 is 0.960. The largest absolute Gasteiger partial charge is 0.368 e. The third-order valence-corrected chi connectivity index (χ3v) is 4.06. The van der Waals surface area contributed by atoms with Crippen LogP contribution in [0.2, 0.25) is 0 Å². The Morgan fingerprint density at radius 1 is 1.41 bits per heavy atom. The van der Waals surface area contributed by atoms with Crippen molar-refractivity contribution in [3.8, 4) is 0 Å². The number of nitrogens with zero attached hydrogens (tertiary/aromatic N) is 1. The lowest BCUT2D eigenvalue weighted by Crippen LogP contribution is -2.40. The van der Waals surface area contributed by atoms with Crippen LogP contribution in [0.3, 0.4) is 0 Å². The zero-order valence-electron chi connectivity index (χ0n) is 10.3. The van der Waals surface area contributed by atoms with Crippen LogP contribution in [0, 0.1) is 5.92 Å². The second-order valence-corrected chi connectivity index (χ2v) is 5.91. The molecule has 0 aliphatic carbocycles. The summed E-state index contributed by atoms with van der Waals surface area (Å²) >= 11 is 3.41. The Morgan fingerprint density at radius 3 is 2.82 bits per heavy atom. The first-order valence-corrected chi connectivity index (χ1v) is 6.92. The molecule has 0 amide bonds. The lowest BCUT2D eigenvalue weighted by molar-refractivity contribution is 0.112. The van der Waals surface area contributed by atoms with Gasteiger partial charge in [-0.05, 0) is 43.9 Å². The van der Waals surface area contributed by atoms with Gasteiger partial charge in [0.15, 0.2) is 6.29 Å². The smallest absolute Gasteiger partial charge is 0.152 e. The maximum Gasteiger partial charge on any atom is 0.152 e. The molecule has 1 fully saturated rings. The fourth-order valence-corrected chi connectivity index (χ4v) is 3.03. The maximum atomic E-state index is 11.1. The van der Waals surface area contributed by atoms with E-state index in [0.717, 1.165) is 34.5 Å². The molecular weight excluding hydrogens is 278 g/mol. The van der Waals surface area contributed by atoms with E-state index in [9.17, 15) is 4.79 Å². The number of hydrogen-bond acceptors (Lipinski definition) is 2. The summed E-state index contributed by atoms with van der Waals surface area (Å²) in [6.45, 7) is 5.59. The van der Waals surface area contributed by atoms with Crippen LogP contribution in [0.1, 0.15) is 37.0 Å². The first kappa shape index (κ1) is 12.6. The monoisotopic (exact) mass is 295 g/mol. The molecule has 0 spiro atoms. The van der Waals surface area contributed by atoms with Gasteiger partial charge < -0.3 is 4.90 Å². The minimum Gasteiger partial charge on any atom is -0.368 e. The van der Waals surface area contributed by atoms with Gasteiger partial charge in [0.1, 0.15) is 0 Å². The van der Waals surface area contributed by atoms with Gasteiger partial charge in [0.05, 0.1) is 0 Å². The molecule has 0 N–H and O–H groups in total. The van der Waals surface area contributed by atoms with Crippen molar-refractivity contribution in [2.75, 3.05) is 11.4 Å². The summed E-state index contributed by atoms with van der Waals surface area (Å²) in [4.78, 5) is 13.5. The van der Waals surface area contributed by atoms with Crippen molar-refractivity contribution in [1.29, 1.82) is 0 Å². The number of rotatable bonds is 2. The van der Waals surface area contributed by atoms with Crippen molar-refractivity contribution in [3.05, 3.63) is 28.2 Å². The highest BCUT2D eigenvalue weighted by Crippen LogP contribution is 2.31. The number of aldehydes is 1. The van der Waals surface area contributed by atoms with Crippen LogP contribution >= 0.6 is 15.9 Å². The van der Waals surface area contributed by atoms with Gasteiger partial charge in [0.2, 0.25) is 0 Å². The highest BCUT2D eigenvalue weighted by Gasteiger charge is 2.24. The van der Waals surface area contributed by atoms with Crippen LogP contribution in [0.15, 0.2) is 22.7 Å². The average molecular weight is 296 g/mol. The molecule has 1 saturated heterocycles. The van der Waals surface area contributed by atoms with Gasteiger partial charge in [0.25, 0.3) is 0 Å². The number of benzene rings is 1. The predicted octanol–water partition coefficient (Wildman–Crippen LogP) is 3.89. The minimum absolute atomic E-state index is 0.513. The molecule has 0 saturated carbocycles. The standard InChI is InChI=1S/C14H18BrNO/c1-10-5-6-16(11(2)7-10)14-4-3-13(15)8-12(14)9-17/h3-4,8-11H,5-7H2,1-2H3. The Hall–Kier alpha value is -0.830. The topological polar surface area (TPSA) is 20.3 Å². The molecule has 2 atom stereocenters. The molecular formula is C14H18BrNO. The van der Waals surface area contributed by atoms with Gasteiger partial charge >= 0.3 is 0 Å². The van der Waals surface area contributed by atoms with Crippen molar-refractivity contribution in [3.63, 3.8) is 0 Å². The Bertz CT molecular complexity index is 419. The molecule has 92 valence electrons. The van der Waals surface area contributed by atoms with E-state index in [2.05, 4.69) is 34.7 Å². The van der Waals surface area contributed by atoms with Crippen LogP contribution in [-0.2, 0) is 0 Å². The molecule has 2 unspecified atom stereocenters. The third-order valence-electron chi connectivity index (χ3n) is 3.56. The normalized spacial score (nSPS) is 24.8. The molecule has 2 rings (SSSR count). The SMILES string of the molecule is CC1CCN(c2ccc(Br)cc2C=O)C(C)C1. The van der Waals surface area contributed by atoms with E-state index in [0.29, 0.717) is 6.04 Å². The number of carbonyl (C=O) groups is 1. The quantitative estimate of drug-likeness (QED) is 0.772. The fourth-order valence-electron chi connectivity index (χ4n) is 2.65. The number of hydrogen-bond donors (Lipinski definition) is 0. The second kappa shape index (κ2) is 5.21. The van der Waals surface area contributed by atoms with Crippen molar-refractivity contribution in [2.24, 2.45) is 5.92 Å². The summed E-state index contributed by atoms with van der Waals surface area (Å²) in [6, 6.07) is 6.46. The molecule has 2 nitrogen and oxygen atoms in total. The number of halogens is 1. The van der Waals surface area contributed by atoms with E-state index in [1.54, 1.807) is 0 Å². The minimum atomic E-state index is 0.513. The highest BCUT2D eigenvalue weighted by molar-refractivity contribution is 9.10. The predicted molar refractivity (Wildman–Crippen MR) is 74.7 cm³/mol. The Morgan fingerprint density at radius 2 is 2.18 bits per heavy atom. The fraction of sp³-hybridized carbons (Fsp3) is 0.500. The van der Waals surface area contributed by atoms with Crippen molar-refractivity contribution in [2.45, 2.75) is 32.7 Å². The van der Waals surface area contributed by atoms with E-state index >= 15 is 0 Å². The van der Waals surface area contributed by atoms with Gasteiger partial charge in [0, 0.05) is 28.3 Å². The van der Waals surface area contributed by atoms with E-state index in [1.165, 1.54) is 12.8 Å². The van der Waals surface area contributed by atoms with Crippen molar-refractivity contribution in [1.82, 2.24) is 0 Å². The summed E-state index contributed by atoms with van der Waals surface area (Å²) in [5.74, 6) is 0.788. The third kappa shape index (κ3) is 2.71. The van der Waals surface area contributed by atoms with Crippen LogP contribution in [0.5, 0.6) is 0 Å². The number of piperidine rings is 1. The van der Waals surface area contributed by atoms with Crippen LogP contribution in [0.4, 0.5) is 5.69 Å². The van der Waals surface area contributed by atoms with Gasteiger partial charge in [-0.3, -0.25) is 4.79 Å². The molecule has 1 aromatic carbocycles. The van der Waals surface area contributed by atoms with Crippen LogP contribution < -0.4 is 4.90 Å². The average Bonchev–Trinajstić information content (AvgIpc) is 2.30. The lowest BCUT2D eigenvalue weighted by Gasteiger charge is -2.39. The second-order valence-electron chi connectivity index (χ2n) is 4.99. The van der Waals surface area contributed by atoms with E-state index in [-0.39, 0.29) is 0 Å². The van der Waals surface area contributed by atoms with Crippen molar-refractivity contribution >= 4 is 27.9 Å². The van der Waals surface area contributed by atoms with Crippen LogP contribution in [0.25, 0.3) is 0 Å². The van der Waals surface area contributed by atoms with Gasteiger partial charge in [-0.1, -0.05) is 22.9 Å². The summed E-state index contributed by atoms with van der Waals surface area (Å²) in [6.07, 6.45) is 3.36. The molecule has 0 bridgehead atoms. The van der Waals surface area contributed by atoms with E-state index in [1.807, 2.05) is 18.2 Å². The lowest BCUT2D eigenvalue weighted by atomic mass is 9.92. The van der Waals surface area contributed by atoms with Crippen LogP contribution in [-0.4, -0.2) is 18.9 Å². The number of anilines is 1. The molecule has 3 heteroatoms. The number of carbonyl (C=O) groups excluding carboxylic acids is 1. The summed E-state index contributed by atoms with van der Waals surface area (Å²) in [7, 11) is 0. The molecule has 0 radical (unpaired) electrons. The van der Waals surface area contributed by atoms with E-state index < -0.39 is 0 Å². The Balaban J connectivity index is 2.30. The Kier molecular flexibility index (Phi) is 3.87. The zero-order valence-corrected chi connectivity index (χ0v) is 11.9. The van der Waals surface area contributed by atoms with Crippen molar-refractivity contribution < 1.29 is 4.79 Å². The van der Waals surface area contributed by atoms with Gasteiger partial charge in [-0.2, -0.15) is 0 Å². The molecule has 1 aliphatic heterocycles. The highest BCUT2D eigenvalue weighted by atomic mass is 79.9. The summed E-state index contributed by atoms with van der Waals surface area (Å²) in [5.41, 5.74) is 1.85. The van der Waals surface area contributed by atoms with Gasteiger partial charge in [-0.25, -0.2) is 0 Å². The summed E-state index contributed by atoms with van der Waals surface area (Å²) in [5, 5.41) is 0. The molecule has 0 aromatic heterocycles.